The van der Waals surface area contributed by atoms with Crippen molar-refractivity contribution in [2.45, 2.75) is 13.8 Å². The van der Waals surface area contributed by atoms with Gasteiger partial charge in [0, 0.05) is 13.1 Å². The molecule has 0 saturated carbocycles. The Morgan fingerprint density at radius 3 is 1.92 bits per heavy atom. The predicted molar refractivity (Wildman–Crippen MR) is 53.4 cm³/mol. The third-order valence-corrected chi connectivity index (χ3v) is 2.24. The first-order valence-electron chi connectivity index (χ1n) is 4.00. The van der Waals surface area contributed by atoms with Crippen molar-refractivity contribution in [1.82, 2.24) is 15.4 Å². The molecule has 0 saturated heterocycles. The molecule has 0 fully saturated rings. The summed E-state index contributed by atoms with van der Waals surface area (Å²) >= 11 is 11.7. The van der Waals surface area contributed by atoms with Crippen molar-refractivity contribution < 1.29 is 0 Å². The van der Waals surface area contributed by atoms with Gasteiger partial charge in [-0.1, -0.05) is 23.2 Å². The molecular weight excluding hydrogens is 211 g/mol. The van der Waals surface area contributed by atoms with Crippen molar-refractivity contribution in [3.63, 3.8) is 0 Å². The summed E-state index contributed by atoms with van der Waals surface area (Å²) < 4.78 is 0. The van der Waals surface area contributed by atoms with Gasteiger partial charge in [-0.25, -0.2) is 0 Å². The molecule has 0 unspecified atom stereocenters. The van der Waals surface area contributed by atoms with E-state index in [1.807, 2.05) is 18.7 Å². The molecule has 0 bridgehead atoms. The number of hydrogen-bond acceptors (Lipinski definition) is 4. The van der Waals surface area contributed by atoms with Crippen LogP contribution in [0.3, 0.4) is 0 Å². The van der Waals surface area contributed by atoms with Crippen molar-refractivity contribution >= 4 is 28.9 Å². The van der Waals surface area contributed by atoms with Crippen LogP contribution in [-0.2, 0) is 0 Å². The zero-order valence-electron chi connectivity index (χ0n) is 7.46. The zero-order valence-corrected chi connectivity index (χ0v) is 8.97. The van der Waals surface area contributed by atoms with Crippen LogP contribution in [0, 0.1) is 0 Å². The van der Waals surface area contributed by atoms with Gasteiger partial charge in [0.2, 0.25) is 0 Å². The normalized spacial score (nSPS) is 10.2. The fourth-order valence-electron chi connectivity index (χ4n) is 1.08. The van der Waals surface area contributed by atoms with Crippen molar-refractivity contribution in [2.24, 2.45) is 0 Å². The SMILES string of the molecule is CCN(CC)c1c(Cl)nnnc1Cl. The number of halogens is 2. The molecule has 0 aliphatic carbocycles. The highest BCUT2D eigenvalue weighted by Crippen LogP contribution is 2.28. The molecule has 0 atom stereocenters. The molecule has 0 aliphatic rings. The Hall–Kier alpha value is -0.610. The second-order valence-corrected chi connectivity index (χ2v) is 3.11. The fraction of sp³-hybridized carbons (Fsp3) is 0.571. The van der Waals surface area contributed by atoms with Crippen LogP contribution < -0.4 is 4.90 Å². The van der Waals surface area contributed by atoms with Gasteiger partial charge in [-0.15, -0.1) is 10.2 Å². The van der Waals surface area contributed by atoms with Crippen LogP contribution in [0.5, 0.6) is 0 Å². The molecule has 1 heterocycles. The number of hydrogen-bond donors (Lipinski definition) is 0. The van der Waals surface area contributed by atoms with E-state index < -0.39 is 0 Å². The molecule has 1 rings (SSSR count). The Bertz CT molecular complexity index is 268. The number of nitrogens with zero attached hydrogens (tertiary/aromatic N) is 4. The Balaban J connectivity index is 3.10. The largest absolute Gasteiger partial charge is 0.367 e. The summed E-state index contributed by atoms with van der Waals surface area (Å²) in [4.78, 5) is 1.98. The van der Waals surface area contributed by atoms with Crippen LogP contribution in [0.25, 0.3) is 0 Å². The Kier molecular flexibility index (Phi) is 3.69. The maximum absolute atomic E-state index is 5.84. The topological polar surface area (TPSA) is 41.9 Å². The van der Waals surface area contributed by atoms with E-state index in [0.29, 0.717) is 16.0 Å². The summed E-state index contributed by atoms with van der Waals surface area (Å²) in [6.07, 6.45) is 0. The van der Waals surface area contributed by atoms with Crippen molar-refractivity contribution in [1.29, 1.82) is 0 Å². The third-order valence-electron chi connectivity index (χ3n) is 1.74. The summed E-state index contributed by atoms with van der Waals surface area (Å²) in [5.41, 5.74) is 0.656. The van der Waals surface area contributed by atoms with Gasteiger partial charge in [-0.2, -0.15) is 0 Å². The monoisotopic (exact) mass is 220 g/mol. The van der Waals surface area contributed by atoms with E-state index in [1.54, 1.807) is 0 Å². The lowest BCUT2D eigenvalue weighted by atomic mass is 10.4. The summed E-state index contributed by atoms with van der Waals surface area (Å²) in [7, 11) is 0. The Morgan fingerprint density at radius 2 is 1.54 bits per heavy atom. The molecule has 4 nitrogen and oxygen atoms in total. The van der Waals surface area contributed by atoms with Gasteiger partial charge < -0.3 is 4.90 Å². The summed E-state index contributed by atoms with van der Waals surface area (Å²) in [6.45, 7) is 5.64. The maximum atomic E-state index is 5.84. The molecule has 13 heavy (non-hydrogen) atoms. The van der Waals surface area contributed by atoms with Gasteiger partial charge in [-0.3, -0.25) is 0 Å². The van der Waals surface area contributed by atoms with Crippen LogP contribution in [0.4, 0.5) is 5.69 Å². The van der Waals surface area contributed by atoms with E-state index in [4.69, 9.17) is 23.2 Å². The van der Waals surface area contributed by atoms with Crippen molar-refractivity contribution in [3.8, 4) is 0 Å². The second kappa shape index (κ2) is 4.58. The lowest BCUT2D eigenvalue weighted by Crippen LogP contribution is -2.23. The molecule has 0 radical (unpaired) electrons. The van der Waals surface area contributed by atoms with E-state index in [0.717, 1.165) is 13.1 Å². The van der Waals surface area contributed by atoms with E-state index in [9.17, 15) is 0 Å². The number of anilines is 1. The zero-order chi connectivity index (χ0) is 9.84. The highest BCUT2D eigenvalue weighted by atomic mass is 35.5. The highest BCUT2D eigenvalue weighted by molar-refractivity contribution is 6.37. The summed E-state index contributed by atoms with van der Waals surface area (Å²) in [5, 5.41) is 11.3. The predicted octanol–water partition coefficient (Wildman–Crippen LogP) is 2.02. The standard InChI is InChI=1S/C7H10Cl2N4/c1-3-13(4-2)5-6(8)10-12-11-7(5)9/h3-4H2,1-2H3. The molecular formula is C7H10Cl2N4. The van der Waals surface area contributed by atoms with Crippen LogP contribution in [0.1, 0.15) is 13.8 Å². The van der Waals surface area contributed by atoms with Crippen LogP contribution in [0.2, 0.25) is 10.3 Å². The summed E-state index contributed by atoms with van der Waals surface area (Å²) in [6, 6.07) is 0. The summed E-state index contributed by atoms with van der Waals surface area (Å²) in [5.74, 6) is 0. The molecule has 0 N–H and O–H groups in total. The van der Waals surface area contributed by atoms with Gasteiger partial charge in [0.25, 0.3) is 0 Å². The Labute approximate surface area is 86.9 Å². The Morgan fingerprint density at radius 1 is 1.08 bits per heavy atom. The second-order valence-electron chi connectivity index (χ2n) is 2.39. The van der Waals surface area contributed by atoms with Crippen LogP contribution in [0.15, 0.2) is 0 Å². The van der Waals surface area contributed by atoms with Gasteiger partial charge in [0.15, 0.2) is 10.3 Å². The molecule has 6 heteroatoms. The minimum absolute atomic E-state index is 0.295. The fourth-order valence-corrected chi connectivity index (χ4v) is 1.62. The minimum atomic E-state index is 0.295. The van der Waals surface area contributed by atoms with Gasteiger partial charge in [0.05, 0.1) is 0 Å². The molecule has 72 valence electrons. The minimum Gasteiger partial charge on any atom is -0.367 e. The molecule has 1 aromatic rings. The molecule has 1 aromatic heterocycles. The third kappa shape index (κ3) is 2.19. The first kappa shape index (κ1) is 10.5. The quantitative estimate of drug-likeness (QED) is 0.782. The van der Waals surface area contributed by atoms with E-state index in [-0.39, 0.29) is 0 Å². The van der Waals surface area contributed by atoms with Gasteiger partial charge in [-0.05, 0) is 19.1 Å². The smallest absolute Gasteiger partial charge is 0.179 e. The van der Waals surface area contributed by atoms with Crippen molar-refractivity contribution in [3.05, 3.63) is 10.3 Å². The lowest BCUT2D eigenvalue weighted by Gasteiger charge is -2.21. The van der Waals surface area contributed by atoms with E-state index in [1.165, 1.54) is 0 Å². The van der Waals surface area contributed by atoms with E-state index >= 15 is 0 Å². The average Bonchev–Trinajstić information content (AvgIpc) is 2.11. The molecule has 0 amide bonds. The van der Waals surface area contributed by atoms with Crippen molar-refractivity contribution in [2.75, 3.05) is 18.0 Å². The molecule has 0 aliphatic heterocycles. The maximum Gasteiger partial charge on any atom is 0.179 e. The van der Waals surface area contributed by atoms with Gasteiger partial charge >= 0.3 is 0 Å². The van der Waals surface area contributed by atoms with Crippen LogP contribution >= 0.6 is 23.2 Å². The lowest BCUT2D eigenvalue weighted by molar-refractivity contribution is 0.814. The average molecular weight is 221 g/mol. The van der Waals surface area contributed by atoms with E-state index in [2.05, 4.69) is 15.4 Å². The highest BCUT2D eigenvalue weighted by Gasteiger charge is 2.13. The first-order valence-corrected chi connectivity index (χ1v) is 4.75. The van der Waals surface area contributed by atoms with Gasteiger partial charge in [0.1, 0.15) is 5.69 Å². The van der Waals surface area contributed by atoms with Crippen LogP contribution in [-0.4, -0.2) is 28.5 Å². The number of aromatic nitrogens is 3. The molecule has 0 aromatic carbocycles. The number of rotatable bonds is 3. The first-order chi connectivity index (χ1) is 6.20. The molecule has 0 spiro atoms.